The molecule has 0 amide bonds. The van der Waals surface area contributed by atoms with E-state index in [0.29, 0.717) is 0 Å². The van der Waals surface area contributed by atoms with Crippen LogP contribution in [0.25, 0.3) is 22.3 Å². The Bertz CT molecular complexity index is 1730. The third-order valence-electron chi connectivity index (χ3n) is 6.83. The van der Waals surface area contributed by atoms with Gasteiger partial charge < -0.3 is 41.2 Å². The molecule has 6 rings (SSSR count). The molecule has 2 aliphatic rings. The number of nitrogens with one attached hydrogen (secondary N) is 1. The number of phosphoric ester groups is 1. The number of hydrogen-bond donors (Lipinski definition) is 7. The van der Waals surface area contributed by atoms with Gasteiger partial charge in [0.2, 0.25) is 5.95 Å². The summed E-state index contributed by atoms with van der Waals surface area (Å²) in [5.74, 6) is -0.199. The van der Waals surface area contributed by atoms with Gasteiger partial charge in [-0.2, -0.15) is 4.98 Å². The molecule has 4 aromatic heterocycles. The van der Waals surface area contributed by atoms with E-state index in [1.54, 1.807) is 0 Å². The van der Waals surface area contributed by atoms with Crippen molar-refractivity contribution in [3.05, 3.63) is 29.3 Å². The summed E-state index contributed by atoms with van der Waals surface area (Å²) in [6.07, 6.45) is -9.31. The van der Waals surface area contributed by atoms with Crippen molar-refractivity contribution >= 4 is 41.9 Å². The monoisotopic (exact) mass is 614 g/mol. The molecule has 0 spiro atoms. The second kappa shape index (κ2) is 10.6. The van der Waals surface area contributed by atoms with E-state index in [4.69, 9.17) is 30.0 Å². The van der Waals surface area contributed by atoms with Crippen LogP contribution in [0.2, 0.25) is 0 Å². The van der Waals surface area contributed by atoms with E-state index < -0.39 is 75.7 Å². The van der Waals surface area contributed by atoms with Crippen molar-refractivity contribution < 1.29 is 47.7 Å². The van der Waals surface area contributed by atoms with E-state index in [-0.39, 0.29) is 34.1 Å². The molecular weight excluding hydrogens is 590 g/mol. The summed E-state index contributed by atoms with van der Waals surface area (Å²) >= 11 is 0. The highest BCUT2D eigenvalue weighted by molar-refractivity contribution is 7.47. The van der Waals surface area contributed by atoms with Crippen LogP contribution >= 0.6 is 7.82 Å². The van der Waals surface area contributed by atoms with Gasteiger partial charge >= 0.3 is 7.82 Å². The summed E-state index contributed by atoms with van der Waals surface area (Å²) in [7, 11) is -5.09. The molecule has 0 saturated carbocycles. The van der Waals surface area contributed by atoms with E-state index in [2.05, 4.69) is 29.9 Å². The molecule has 6 heterocycles. The van der Waals surface area contributed by atoms with Crippen molar-refractivity contribution in [2.24, 2.45) is 0 Å². The van der Waals surface area contributed by atoms with Crippen molar-refractivity contribution in [2.45, 2.75) is 49.1 Å². The number of aromatic nitrogens is 8. The highest BCUT2D eigenvalue weighted by atomic mass is 31.2. The number of phosphoric acid groups is 1. The molecule has 2 fully saturated rings. The Morgan fingerprint density at radius 2 is 1.71 bits per heavy atom. The molecule has 22 heteroatoms. The van der Waals surface area contributed by atoms with Gasteiger partial charge in [0.25, 0.3) is 5.56 Å². The fraction of sp³-hybridized carbons (Fsp3) is 0.500. The van der Waals surface area contributed by atoms with Crippen molar-refractivity contribution in [3.63, 3.8) is 0 Å². The van der Waals surface area contributed by atoms with Gasteiger partial charge in [0.05, 0.1) is 25.9 Å². The average molecular weight is 614 g/mol. The van der Waals surface area contributed by atoms with Crippen molar-refractivity contribution in [3.8, 4) is 0 Å². The van der Waals surface area contributed by atoms with E-state index in [1.165, 1.54) is 10.9 Å². The van der Waals surface area contributed by atoms with Crippen LogP contribution in [0.4, 0.5) is 16.2 Å². The lowest BCUT2D eigenvalue weighted by Gasteiger charge is -2.22. The maximum atomic E-state index is 15.5. The minimum atomic E-state index is -5.09. The Kier molecular flexibility index (Phi) is 7.15. The van der Waals surface area contributed by atoms with Gasteiger partial charge in [0.1, 0.15) is 42.4 Å². The summed E-state index contributed by atoms with van der Waals surface area (Å²) in [6.45, 7) is -1.59. The van der Waals surface area contributed by atoms with Crippen LogP contribution in [0, 0.1) is 0 Å². The normalized spacial score (nSPS) is 31.3. The number of rotatable bonds is 8. The van der Waals surface area contributed by atoms with Gasteiger partial charge in [0.15, 0.2) is 41.3 Å². The number of ether oxygens (including phenoxy) is 2. The lowest BCUT2D eigenvalue weighted by Crippen LogP contribution is -2.35. The molecular formula is C20H24FN10O10P. The number of alkyl halides is 1. The molecule has 42 heavy (non-hydrogen) atoms. The maximum Gasteiger partial charge on any atom is 0.472 e. The number of aromatic amines is 1. The van der Waals surface area contributed by atoms with Gasteiger partial charge in [-0.1, -0.05) is 0 Å². The van der Waals surface area contributed by atoms with Crippen molar-refractivity contribution in [1.82, 2.24) is 39.0 Å². The number of imidazole rings is 2. The number of halogens is 1. The van der Waals surface area contributed by atoms with Crippen molar-refractivity contribution in [2.75, 3.05) is 24.7 Å². The second-order valence-corrected chi connectivity index (χ2v) is 10.8. The van der Waals surface area contributed by atoms with Gasteiger partial charge in [-0.15, -0.1) is 0 Å². The lowest BCUT2D eigenvalue weighted by atomic mass is 10.1. The molecule has 0 bridgehead atoms. The predicted molar refractivity (Wildman–Crippen MR) is 135 cm³/mol. The molecule has 1 unspecified atom stereocenters. The average Bonchev–Trinajstić information content (AvgIpc) is 3.69. The Hall–Kier alpha value is -3.66. The van der Waals surface area contributed by atoms with Crippen LogP contribution < -0.4 is 17.0 Å². The first-order valence-electron chi connectivity index (χ1n) is 12.2. The van der Waals surface area contributed by atoms with Crippen molar-refractivity contribution in [1.29, 1.82) is 0 Å². The van der Waals surface area contributed by atoms with E-state index >= 15 is 4.39 Å². The van der Waals surface area contributed by atoms with Gasteiger partial charge in [0, 0.05) is 0 Å². The Labute approximate surface area is 232 Å². The Balaban J connectivity index is 1.14. The molecule has 20 nitrogen and oxygen atoms in total. The van der Waals surface area contributed by atoms with Gasteiger partial charge in [-0.3, -0.25) is 28.0 Å². The molecule has 2 saturated heterocycles. The zero-order valence-corrected chi connectivity index (χ0v) is 22.0. The standard InChI is InChI=1S/C20H24FN10O10P/c21-8-13(6(1-32)39-18(8)30-4-26-9-14(22)24-3-25-15(9)30)41-42(36,37)38-2-7-11(33)12(34)19(40-7)31-5-27-10-16(31)28-20(23)29-17(10)35/h3-8,11-13,18-19,32-34H,1-2H2,(H,36,37)(H2,22,24,25)(H3,23,28,29,35)/t6-,7-,8-,11-,12-,13-,18-,19-/m1/s1. The molecule has 0 radical (unpaired) electrons. The summed E-state index contributed by atoms with van der Waals surface area (Å²) in [5.41, 5.74) is 10.8. The first-order chi connectivity index (χ1) is 20.0. The summed E-state index contributed by atoms with van der Waals surface area (Å²) < 4.78 is 51.8. The maximum absolute atomic E-state index is 15.5. The smallest absolute Gasteiger partial charge is 0.394 e. The molecule has 0 aromatic carbocycles. The fourth-order valence-corrected chi connectivity index (χ4v) is 5.78. The number of H-pyrrole nitrogens is 1. The Morgan fingerprint density at radius 3 is 2.45 bits per heavy atom. The minimum absolute atomic E-state index is 0.0332. The highest BCUT2D eigenvalue weighted by Gasteiger charge is 2.51. The van der Waals surface area contributed by atoms with Gasteiger partial charge in [-0.25, -0.2) is 28.9 Å². The number of nitrogen functional groups attached to an aromatic ring is 2. The number of anilines is 2. The minimum Gasteiger partial charge on any atom is -0.394 e. The van der Waals surface area contributed by atoms with E-state index in [0.717, 1.165) is 17.2 Å². The molecule has 2 aliphatic heterocycles. The van der Waals surface area contributed by atoms with Crippen LogP contribution in [-0.4, -0.2) is 109 Å². The summed E-state index contributed by atoms with van der Waals surface area (Å²) in [5, 5.41) is 30.8. The number of nitrogens with zero attached hydrogens (tertiary/aromatic N) is 7. The predicted octanol–water partition coefficient (Wildman–Crippen LogP) is -2.53. The third kappa shape index (κ3) is 4.79. The SMILES string of the molecule is Nc1nc2c(ncn2[C@@H]2O[C@H](COP(=O)(O)O[C@H]3[C@@H](F)[C@H](n4cnc5c(N)ncnc54)O[C@@H]3CO)[C@@H](O)[C@H]2O)c(=O)[nH]1. The number of hydrogen-bond acceptors (Lipinski definition) is 16. The molecule has 4 aromatic rings. The van der Waals surface area contributed by atoms with E-state index in [1.807, 2.05) is 0 Å². The topological polar surface area (TPSA) is 294 Å². The first-order valence-corrected chi connectivity index (χ1v) is 13.7. The van der Waals surface area contributed by atoms with Gasteiger partial charge in [-0.05, 0) is 0 Å². The number of nitrogens with two attached hydrogens (primary N) is 2. The third-order valence-corrected chi connectivity index (χ3v) is 7.81. The molecule has 9 atom stereocenters. The quantitative estimate of drug-likeness (QED) is 0.101. The first kappa shape index (κ1) is 28.5. The number of aliphatic hydroxyl groups excluding tert-OH is 3. The highest BCUT2D eigenvalue weighted by Crippen LogP contribution is 2.50. The van der Waals surface area contributed by atoms with Crippen LogP contribution in [0.15, 0.2) is 23.8 Å². The van der Waals surface area contributed by atoms with Crippen LogP contribution in [0.5, 0.6) is 0 Å². The number of aliphatic hydroxyl groups is 3. The zero-order valence-electron chi connectivity index (χ0n) is 21.1. The Morgan fingerprint density at radius 1 is 1.02 bits per heavy atom. The largest absolute Gasteiger partial charge is 0.472 e. The van der Waals surface area contributed by atoms with Crippen LogP contribution in [0.1, 0.15) is 12.5 Å². The van der Waals surface area contributed by atoms with Crippen LogP contribution in [0.3, 0.4) is 0 Å². The lowest BCUT2D eigenvalue weighted by molar-refractivity contribution is -0.0585. The zero-order chi connectivity index (χ0) is 29.9. The summed E-state index contributed by atoms with van der Waals surface area (Å²) in [6, 6.07) is 0. The second-order valence-electron chi connectivity index (χ2n) is 9.43. The van der Waals surface area contributed by atoms with Crippen LogP contribution in [-0.2, 0) is 23.1 Å². The summed E-state index contributed by atoms with van der Waals surface area (Å²) in [4.78, 5) is 44.4. The molecule has 226 valence electrons. The number of fused-ring (bicyclic) bond motifs is 2. The molecule has 9 N–H and O–H groups in total. The molecule has 0 aliphatic carbocycles. The van der Waals surface area contributed by atoms with E-state index in [9.17, 15) is 29.6 Å². The fourth-order valence-electron chi connectivity index (χ4n) is 4.82.